The summed E-state index contributed by atoms with van der Waals surface area (Å²) in [6.45, 7) is 0. The first kappa shape index (κ1) is 35.7. The summed E-state index contributed by atoms with van der Waals surface area (Å²) in [6, 6.07) is 48.3. The Bertz CT molecular complexity index is 2230. The van der Waals surface area contributed by atoms with Gasteiger partial charge in [-0.3, -0.25) is 0 Å². The average molecular weight is 725 g/mol. The van der Waals surface area contributed by atoms with Gasteiger partial charge in [0.05, 0.1) is 9.79 Å². The topological polar surface area (TPSA) is 175 Å². The van der Waals surface area contributed by atoms with E-state index in [9.17, 15) is 8.42 Å². The minimum Gasteiger partial charge on any atom is -0.457 e. The molecule has 0 unspecified atom stereocenters. The highest BCUT2D eigenvalue weighted by molar-refractivity contribution is 7.91. The number of hydrogen-bond acceptors (Lipinski definition) is 10. The summed E-state index contributed by atoms with van der Waals surface area (Å²) < 4.78 is 48.9. The number of ether oxygens (including phenoxy) is 4. The maximum Gasteiger partial charge on any atom is 0.206 e. The predicted octanol–water partition coefficient (Wildman–Crippen LogP) is 9.70. The second-order valence-corrected chi connectivity index (χ2v) is 13.6. The van der Waals surface area contributed by atoms with E-state index in [0.717, 1.165) is 0 Å². The van der Waals surface area contributed by atoms with Gasteiger partial charge in [-0.2, -0.15) is 0 Å². The first-order chi connectivity index (χ1) is 25.6. The van der Waals surface area contributed by atoms with Gasteiger partial charge < -0.3 is 41.9 Å². The Hall–Kier alpha value is -7.11. The van der Waals surface area contributed by atoms with Crippen LogP contribution in [0.5, 0.6) is 46.0 Å². The highest BCUT2D eigenvalue weighted by Gasteiger charge is 2.18. The van der Waals surface area contributed by atoms with Gasteiger partial charge in [-0.1, -0.05) is 18.2 Å². The number of nitrogens with two attached hydrogens (primary N) is 4. The lowest BCUT2D eigenvalue weighted by Crippen LogP contribution is -2.01. The third-order valence-electron chi connectivity index (χ3n) is 7.49. The zero-order valence-corrected chi connectivity index (χ0v) is 29.1. The molecule has 266 valence electrons. The largest absolute Gasteiger partial charge is 0.457 e. The second-order valence-electron chi connectivity index (χ2n) is 11.6. The minimum atomic E-state index is -3.67. The molecule has 7 aromatic carbocycles. The smallest absolute Gasteiger partial charge is 0.206 e. The van der Waals surface area contributed by atoms with Gasteiger partial charge in [-0.25, -0.2) is 8.42 Å². The molecule has 0 amide bonds. The Labute approximate surface area is 307 Å². The summed E-state index contributed by atoms with van der Waals surface area (Å²) in [5.41, 5.74) is 25.4. The number of nitrogen functional groups attached to an aromatic ring is 4. The first-order valence-corrected chi connectivity index (χ1v) is 17.8. The van der Waals surface area contributed by atoms with Crippen molar-refractivity contribution in [3.8, 4) is 46.0 Å². The van der Waals surface area contributed by atoms with Crippen LogP contribution in [0.15, 0.2) is 180 Å². The number of anilines is 4. The third-order valence-corrected chi connectivity index (χ3v) is 9.28. The Morgan fingerprint density at radius 1 is 0.302 bits per heavy atom. The molecule has 53 heavy (non-hydrogen) atoms. The average Bonchev–Trinajstić information content (AvgIpc) is 3.15. The zero-order chi connectivity index (χ0) is 37.2. The molecule has 7 aromatic rings. The van der Waals surface area contributed by atoms with E-state index in [1.807, 2.05) is 60.7 Å². The van der Waals surface area contributed by atoms with E-state index in [4.69, 9.17) is 41.9 Å². The molecular formula is C42H36N4O6S. The van der Waals surface area contributed by atoms with Gasteiger partial charge in [0.1, 0.15) is 46.0 Å². The molecule has 0 aliphatic rings. The van der Waals surface area contributed by atoms with E-state index < -0.39 is 9.84 Å². The van der Waals surface area contributed by atoms with Crippen LogP contribution >= 0.6 is 0 Å². The molecule has 0 aliphatic heterocycles. The third kappa shape index (κ3) is 10.00. The van der Waals surface area contributed by atoms with Gasteiger partial charge in [0.2, 0.25) is 9.84 Å². The van der Waals surface area contributed by atoms with Crippen LogP contribution in [0.1, 0.15) is 0 Å². The molecule has 0 heterocycles. The molecule has 8 N–H and O–H groups in total. The standard InChI is InChI=1S/C24H20N2O4S.C18H16N2O2/c25-17-1-5-19(6-2-17)29-21-9-13-23(14-10-21)31(27,28)24-15-11-22(12-16-24)30-20-7-3-18(26)4-8-20;19-13-4-1-6-15(10-13)21-17-8-3-9-18(12-17)22-16-7-2-5-14(20)11-16/h1-16H,25-26H2;1-12H,19-20H2. The lowest BCUT2D eigenvalue weighted by molar-refractivity contribution is 0.460. The van der Waals surface area contributed by atoms with E-state index in [1.54, 1.807) is 84.9 Å². The number of benzene rings is 7. The van der Waals surface area contributed by atoms with Crippen molar-refractivity contribution in [1.29, 1.82) is 0 Å². The van der Waals surface area contributed by atoms with Gasteiger partial charge >= 0.3 is 0 Å². The monoisotopic (exact) mass is 724 g/mol. The van der Waals surface area contributed by atoms with Crippen LogP contribution in [0.4, 0.5) is 22.7 Å². The lowest BCUT2D eigenvalue weighted by atomic mass is 10.3. The van der Waals surface area contributed by atoms with Crippen molar-refractivity contribution < 1.29 is 27.4 Å². The molecule has 0 radical (unpaired) electrons. The zero-order valence-electron chi connectivity index (χ0n) is 28.3. The van der Waals surface area contributed by atoms with Crippen molar-refractivity contribution in [3.05, 3.63) is 170 Å². The van der Waals surface area contributed by atoms with Crippen LogP contribution in [-0.2, 0) is 9.84 Å². The van der Waals surface area contributed by atoms with Crippen LogP contribution in [0.25, 0.3) is 0 Å². The predicted molar refractivity (Wildman–Crippen MR) is 208 cm³/mol. The quantitative estimate of drug-likeness (QED) is 0.0994. The van der Waals surface area contributed by atoms with Gasteiger partial charge in [-0.15, -0.1) is 0 Å². The fraction of sp³-hybridized carbons (Fsp3) is 0. The van der Waals surface area contributed by atoms with Crippen molar-refractivity contribution in [3.63, 3.8) is 0 Å². The summed E-state index contributed by atoms with van der Waals surface area (Å²) in [5, 5.41) is 0. The van der Waals surface area contributed by atoms with Crippen LogP contribution < -0.4 is 41.9 Å². The summed E-state index contributed by atoms with van der Waals surface area (Å²) in [5.74, 6) is 4.98. The van der Waals surface area contributed by atoms with Crippen LogP contribution in [0, 0.1) is 0 Å². The molecule has 0 saturated carbocycles. The van der Waals surface area contributed by atoms with Crippen LogP contribution in [0.3, 0.4) is 0 Å². The molecule has 0 atom stereocenters. The Balaban J connectivity index is 0.000000192. The normalized spacial score (nSPS) is 10.7. The maximum absolute atomic E-state index is 12.9. The van der Waals surface area contributed by atoms with Crippen molar-refractivity contribution in [2.45, 2.75) is 9.79 Å². The Morgan fingerprint density at radius 2 is 0.585 bits per heavy atom. The number of sulfone groups is 1. The van der Waals surface area contributed by atoms with E-state index >= 15 is 0 Å². The van der Waals surface area contributed by atoms with E-state index in [2.05, 4.69) is 0 Å². The Kier molecular flexibility index (Phi) is 11.0. The number of rotatable bonds is 10. The maximum atomic E-state index is 12.9. The van der Waals surface area contributed by atoms with Gasteiger partial charge in [0.25, 0.3) is 0 Å². The van der Waals surface area contributed by atoms with Crippen LogP contribution in [0.2, 0.25) is 0 Å². The van der Waals surface area contributed by atoms with Crippen molar-refractivity contribution >= 4 is 32.6 Å². The highest BCUT2D eigenvalue weighted by atomic mass is 32.2. The lowest BCUT2D eigenvalue weighted by Gasteiger charge is -2.09. The fourth-order valence-electron chi connectivity index (χ4n) is 4.88. The van der Waals surface area contributed by atoms with Gasteiger partial charge in [0.15, 0.2) is 0 Å². The van der Waals surface area contributed by atoms with E-state index in [1.165, 1.54) is 24.3 Å². The van der Waals surface area contributed by atoms with Gasteiger partial charge in [0, 0.05) is 40.9 Å². The first-order valence-electron chi connectivity index (χ1n) is 16.3. The Morgan fingerprint density at radius 3 is 0.925 bits per heavy atom. The van der Waals surface area contributed by atoms with Crippen molar-refractivity contribution in [2.24, 2.45) is 0 Å². The molecule has 0 bridgehead atoms. The number of hydrogen-bond donors (Lipinski definition) is 4. The SMILES string of the molecule is Nc1ccc(Oc2ccc(S(=O)(=O)c3ccc(Oc4ccc(N)cc4)cc3)cc2)cc1.Nc1cccc(Oc2cccc(Oc3cccc(N)c3)c2)c1. The highest BCUT2D eigenvalue weighted by Crippen LogP contribution is 2.31. The van der Waals surface area contributed by atoms with Crippen molar-refractivity contribution in [2.75, 3.05) is 22.9 Å². The van der Waals surface area contributed by atoms with Gasteiger partial charge in [-0.05, 0) is 133 Å². The fourth-order valence-corrected chi connectivity index (χ4v) is 6.14. The summed E-state index contributed by atoms with van der Waals surface area (Å²) >= 11 is 0. The summed E-state index contributed by atoms with van der Waals surface area (Å²) in [6.07, 6.45) is 0. The second kappa shape index (κ2) is 16.3. The van der Waals surface area contributed by atoms with Crippen molar-refractivity contribution in [1.82, 2.24) is 0 Å². The van der Waals surface area contributed by atoms with E-state index in [-0.39, 0.29) is 9.79 Å². The molecule has 10 nitrogen and oxygen atoms in total. The molecule has 11 heteroatoms. The summed E-state index contributed by atoms with van der Waals surface area (Å²) in [4.78, 5) is 0.341. The molecular weight excluding hydrogens is 689 g/mol. The molecule has 0 aromatic heterocycles. The van der Waals surface area contributed by atoms with Crippen LogP contribution in [-0.4, -0.2) is 8.42 Å². The summed E-state index contributed by atoms with van der Waals surface area (Å²) in [7, 11) is -3.67. The molecule has 0 saturated heterocycles. The molecule has 0 fully saturated rings. The molecule has 0 spiro atoms. The minimum absolute atomic E-state index is 0.171. The molecule has 7 rings (SSSR count). The molecule has 0 aliphatic carbocycles. The van der Waals surface area contributed by atoms with E-state index in [0.29, 0.717) is 68.7 Å².